The molecule has 1 aromatic rings. The van der Waals surface area contributed by atoms with Gasteiger partial charge in [-0.25, -0.2) is 0 Å². The van der Waals surface area contributed by atoms with Crippen molar-refractivity contribution in [2.75, 3.05) is 12.3 Å². The molecule has 0 aromatic heterocycles. The summed E-state index contributed by atoms with van der Waals surface area (Å²) in [5.74, 6) is -0.833. The summed E-state index contributed by atoms with van der Waals surface area (Å²) in [6, 6.07) is 6.06. The van der Waals surface area contributed by atoms with Crippen molar-refractivity contribution in [2.24, 2.45) is 0 Å². The number of benzene rings is 1. The van der Waals surface area contributed by atoms with Crippen LogP contribution < -0.4 is 0 Å². The molecule has 21 heavy (non-hydrogen) atoms. The van der Waals surface area contributed by atoms with E-state index in [1.54, 1.807) is 0 Å². The third kappa shape index (κ3) is 5.42. The number of hydrogen-bond donors (Lipinski definition) is 1. The SMILES string of the molecule is CCC(C)N(CC(=O)O)C(=O)CSc1cc(C)ccc1C. The van der Waals surface area contributed by atoms with Crippen molar-refractivity contribution in [2.45, 2.75) is 45.1 Å². The van der Waals surface area contributed by atoms with Crippen LogP contribution in [0.3, 0.4) is 0 Å². The van der Waals surface area contributed by atoms with Gasteiger partial charge in [0.1, 0.15) is 6.54 Å². The number of carboxylic acids is 1. The lowest BCUT2D eigenvalue weighted by Gasteiger charge is -2.26. The number of amides is 1. The van der Waals surface area contributed by atoms with Gasteiger partial charge in [0.2, 0.25) is 5.91 Å². The van der Waals surface area contributed by atoms with Gasteiger partial charge < -0.3 is 10.0 Å². The molecule has 116 valence electrons. The minimum Gasteiger partial charge on any atom is -0.480 e. The van der Waals surface area contributed by atoms with Crippen LogP contribution in [0.15, 0.2) is 23.1 Å². The molecule has 0 saturated heterocycles. The van der Waals surface area contributed by atoms with Crippen LogP contribution in [-0.2, 0) is 9.59 Å². The lowest BCUT2D eigenvalue weighted by atomic mass is 10.2. The molecule has 5 heteroatoms. The lowest BCUT2D eigenvalue weighted by molar-refractivity contribution is -0.144. The van der Waals surface area contributed by atoms with Gasteiger partial charge in [-0.05, 0) is 38.8 Å². The van der Waals surface area contributed by atoms with Crippen molar-refractivity contribution in [1.29, 1.82) is 0 Å². The van der Waals surface area contributed by atoms with Crippen molar-refractivity contribution in [3.63, 3.8) is 0 Å². The Bertz CT molecular complexity index is 516. The second-order valence-electron chi connectivity index (χ2n) is 5.23. The summed E-state index contributed by atoms with van der Waals surface area (Å²) >= 11 is 1.47. The Hall–Kier alpha value is -1.49. The fraction of sp³-hybridized carbons (Fsp3) is 0.500. The summed E-state index contributed by atoms with van der Waals surface area (Å²) in [7, 11) is 0. The van der Waals surface area contributed by atoms with E-state index in [1.165, 1.54) is 16.7 Å². The predicted molar refractivity (Wildman–Crippen MR) is 85.7 cm³/mol. The molecule has 0 heterocycles. The summed E-state index contributed by atoms with van der Waals surface area (Å²) in [5.41, 5.74) is 2.28. The zero-order valence-corrected chi connectivity index (χ0v) is 13.9. The quantitative estimate of drug-likeness (QED) is 0.786. The van der Waals surface area contributed by atoms with E-state index in [4.69, 9.17) is 5.11 Å². The average Bonchev–Trinajstić information content (AvgIpc) is 2.44. The van der Waals surface area contributed by atoms with Gasteiger partial charge >= 0.3 is 5.97 Å². The molecule has 1 rings (SSSR count). The van der Waals surface area contributed by atoms with Gasteiger partial charge in [-0.3, -0.25) is 9.59 Å². The number of carboxylic acid groups (broad SMARTS) is 1. The number of thioether (sulfide) groups is 1. The molecule has 1 N–H and O–H groups in total. The summed E-state index contributed by atoms with van der Waals surface area (Å²) in [6.45, 7) is 7.62. The highest BCUT2D eigenvalue weighted by Crippen LogP contribution is 2.24. The molecule has 4 nitrogen and oxygen atoms in total. The minimum atomic E-state index is -0.972. The van der Waals surface area contributed by atoms with Gasteiger partial charge in [-0.2, -0.15) is 0 Å². The molecule has 0 fully saturated rings. The molecule has 0 spiro atoms. The number of carbonyl (C=O) groups is 2. The molecule has 0 aliphatic carbocycles. The van der Waals surface area contributed by atoms with Crippen LogP contribution in [-0.4, -0.2) is 40.2 Å². The maximum atomic E-state index is 12.3. The zero-order valence-electron chi connectivity index (χ0n) is 13.0. The van der Waals surface area contributed by atoms with Crippen LogP contribution in [0.1, 0.15) is 31.4 Å². The molecule has 1 aromatic carbocycles. The van der Waals surface area contributed by atoms with Gasteiger partial charge in [-0.1, -0.05) is 24.6 Å². The third-order valence-corrected chi connectivity index (χ3v) is 4.59. The number of aliphatic carboxylic acids is 1. The molecule has 0 bridgehead atoms. The van der Waals surface area contributed by atoms with E-state index in [0.29, 0.717) is 0 Å². The number of rotatable bonds is 7. The summed E-state index contributed by atoms with van der Waals surface area (Å²) in [4.78, 5) is 25.7. The van der Waals surface area contributed by atoms with Gasteiger partial charge in [0.15, 0.2) is 0 Å². The van der Waals surface area contributed by atoms with Crippen molar-refractivity contribution in [1.82, 2.24) is 4.90 Å². The standard InChI is InChI=1S/C16H23NO3S/c1-5-13(4)17(9-16(19)20)15(18)10-21-14-8-11(2)6-7-12(14)3/h6-8,13H,5,9-10H2,1-4H3,(H,19,20). The highest BCUT2D eigenvalue weighted by atomic mass is 32.2. The molecular weight excluding hydrogens is 286 g/mol. The van der Waals surface area contributed by atoms with Gasteiger partial charge in [0.05, 0.1) is 5.75 Å². The van der Waals surface area contributed by atoms with Crippen LogP contribution in [0.25, 0.3) is 0 Å². The van der Waals surface area contributed by atoms with Gasteiger partial charge in [0.25, 0.3) is 0 Å². The fourth-order valence-corrected chi connectivity index (χ4v) is 2.95. The highest BCUT2D eigenvalue weighted by Gasteiger charge is 2.21. The Morgan fingerprint density at radius 3 is 2.57 bits per heavy atom. The van der Waals surface area contributed by atoms with E-state index in [9.17, 15) is 9.59 Å². The van der Waals surface area contributed by atoms with E-state index in [2.05, 4.69) is 6.07 Å². The van der Waals surface area contributed by atoms with E-state index >= 15 is 0 Å². The van der Waals surface area contributed by atoms with Crippen LogP contribution in [0.4, 0.5) is 0 Å². The van der Waals surface area contributed by atoms with Gasteiger partial charge in [0, 0.05) is 10.9 Å². The number of hydrogen-bond acceptors (Lipinski definition) is 3. The maximum Gasteiger partial charge on any atom is 0.323 e. The Labute approximate surface area is 130 Å². The maximum absolute atomic E-state index is 12.3. The fourth-order valence-electron chi connectivity index (χ4n) is 1.94. The Morgan fingerprint density at radius 1 is 1.33 bits per heavy atom. The molecule has 0 radical (unpaired) electrons. The topological polar surface area (TPSA) is 57.6 Å². The third-order valence-electron chi connectivity index (χ3n) is 3.44. The minimum absolute atomic E-state index is 0.0622. The van der Waals surface area contributed by atoms with Crippen LogP contribution in [0, 0.1) is 13.8 Å². The molecule has 0 aliphatic heterocycles. The molecule has 1 atom stereocenters. The van der Waals surface area contributed by atoms with Crippen molar-refractivity contribution < 1.29 is 14.7 Å². The number of nitrogens with zero attached hydrogens (tertiary/aromatic N) is 1. The molecule has 0 saturated carbocycles. The van der Waals surface area contributed by atoms with Gasteiger partial charge in [-0.15, -0.1) is 11.8 Å². The first-order chi connectivity index (χ1) is 9.85. The second kappa shape index (κ2) is 8.08. The monoisotopic (exact) mass is 309 g/mol. The first-order valence-electron chi connectivity index (χ1n) is 7.06. The van der Waals surface area contributed by atoms with E-state index in [-0.39, 0.29) is 24.2 Å². The smallest absolute Gasteiger partial charge is 0.323 e. The first-order valence-corrected chi connectivity index (χ1v) is 8.05. The summed E-state index contributed by atoms with van der Waals surface area (Å²) in [6.07, 6.45) is 0.743. The van der Waals surface area contributed by atoms with E-state index < -0.39 is 5.97 Å². The largest absolute Gasteiger partial charge is 0.480 e. The molecule has 1 unspecified atom stereocenters. The Balaban J connectivity index is 2.73. The van der Waals surface area contributed by atoms with Crippen LogP contribution in [0.5, 0.6) is 0 Å². The zero-order chi connectivity index (χ0) is 16.0. The van der Waals surface area contributed by atoms with Crippen molar-refractivity contribution >= 4 is 23.6 Å². The number of carbonyl (C=O) groups excluding carboxylic acids is 1. The predicted octanol–water partition coefficient (Wildman–Crippen LogP) is 3.11. The van der Waals surface area contributed by atoms with Crippen LogP contribution >= 0.6 is 11.8 Å². The molecular formula is C16H23NO3S. The second-order valence-corrected chi connectivity index (χ2v) is 6.25. The first kappa shape index (κ1) is 17.6. The van der Waals surface area contributed by atoms with Crippen LogP contribution in [0.2, 0.25) is 0 Å². The summed E-state index contributed by atoms with van der Waals surface area (Å²) in [5, 5.41) is 8.94. The molecule has 1 amide bonds. The van der Waals surface area contributed by atoms with Crippen molar-refractivity contribution in [3.05, 3.63) is 29.3 Å². The Morgan fingerprint density at radius 2 is 2.00 bits per heavy atom. The van der Waals surface area contributed by atoms with E-state index in [0.717, 1.165) is 22.4 Å². The normalized spacial score (nSPS) is 12.0. The van der Waals surface area contributed by atoms with Crippen molar-refractivity contribution in [3.8, 4) is 0 Å². The average molecular weight is 309 g/mol. The number of aryl methyl sites for hydroxylation is 2. The lowest BCUT2D eigenvalue weighted by Crippen LogP contribution is -2.42. The highest BCUT2D eigenvalue weighted by molar-refractivity contribution is 8.00. The Kier molecular flexibility index (Phi) is 6.75. The summed E-state index contributed by atoms with van der Waals surface area (Å²) < 4.78 is 0. The molecule has 0 aliphatic rings. The van der Waals surface area contributed by atoms with E-state index in [1.807, 2.05) is 39.8 Å².